The summed E-state index contributed by atoms with van der Waals surface area (Å²) in [5.74, 6) is 1.47. The number of carbonyl (C=O) groups is 1. The van der Waals surface area contributed by atoms with Gasteiger partial charge in [0.05, 0.1) is 13.7 Å². The van der Waals surface area contributed by atoms with Crippen molar-refractivity contribution in [1.82, 2.24) is 0 Å². The van der Waals surface area contributed by atoms with Gasteiger partial charge in [0.15, 0.2) is 0 Å². The molecular formula is C17H18ClNO3. The monoisotopic (exact) mass is 319 g/mol. The van der Waals surface area contributed by atoms with Gasteiger partial charge in [0.1, 0.15) is 11.5 Å². The number of hydrogen-bond donors (Lipinski definition) is 1. The smallest absolute Gasteiger partial charge is 0.224 e. The third kappa shape index (κ3) is 5.30. The minimum absolute atomic E-state index is 0.0372. The van der Waals surface area contributed by atoms with E-state index in [2.05, 4.69) is 5.32 Å². The van der Waals surface area contributed by atoms with Gasteiger partial charge in [0, 0.05) is 17.1 Å². The van der Waals surface area contributed by atoms with E-state index in [1.165, 1.54) is 0 Å². The average molecular weight is 320 g/mol. The Bertz CT molecular complexity index is 596. The van der Waals surface area contributed by atoms with Crippen LogP contribution in [-0.2, 0) is 4.79 Å². The van der Waals surface area contributed by atoms with Crippen molar-refractivity contribution in [2.24, 2.45) is 0 Å². The molecule has 0 bridgehead atoms. The Labute approximate surface area is 135 Å². The van der Waals surface area contributed by atoms with Crippen molar-refractivity contribution in [3.05, 3.63) is 53.6 Å². The van der Waals surface area contributed by atoms with E-state index >= 15 is 0 Å². The Balaban J connectivity index is 1.67. The molecule has 1 amide bonds. The summed E-state index contributed by atoms with van der Waals surface area (Å²) in [6.07, 6.45) is 1.05. The summed E-state index contributed by atoms with van der Waals surface area (Å²) in [6, 6.07) is 14.4. The van der Waals surface area contributed by atoms with Crippen LogP contribution in [0.1, 0.15) is 12.8 Å². The van der Waals surface area contributed by atoms with Crippen LogP contribution < -0.4 is 14.8 Å². The molecule has 2 rings (SSSR count). The van der Waals surface area contributed by atoms with Crippen LogP contribution in [0.2, 0.25) is 5.02 Å². The Hall–Kier alpha value is -2.20. The van der Waals surface area contributed by atoms with Crippen molar-refractivity contribution >= 4 is 23.2 Å². The summed E-state index contributed by atoms with van der Waals surface area (Å²) in [5.41, 5.74) is 0.754. The molecule has 2 aromatic rings. The molecule has 5 heteroatoms. The molecule has 0 aliphatic carbocycles. The van der Waals surface area contributed by atoms with Crippen LogP contribution in [0, 0.1) is 0 Å². The molecule has 4 nitrogen and oxygen atoms in total. The fourth-order valence-electron chi connectivity index (χ4n) is 1.85. The standard InChI is InChI=1S/C17H18ClNO3/c1-21-15-10-6-14(7-11-15)19-17(20)3-2-12-22-16-8-4-13(18)5-9-16/h4-11H,2-3,12H2,1H3,(H,19,20). The highest BCUT2D eigenvalue weighted by Gasteiger charge is 2.03. The zero-order chi connectivity index (χ0) is 15.8. The molecular weight excluding hydrogens is 302 g/mol. The second kappa shape index (κ2) is 8.29. The lowest BCUT2D eigenvalue weighted by Gasteiger charge is -2.08. The molecule has 0 atom stereocenters. The number of hydrogen-bond acceptors (Lipinski definition) is 3. The van der Waals surface area contributed by atoms with Gasteiger partial charge in [-0.15, -0.1) is 0 Å². The van der Waals surface area contributed by atoms with Crippen molar-refractivity contribution in [2.75, 3.05) is 19.0 Å². The Kier molecular flexibility index (Phi) is 6.10. The van der Waals surface area contributed by atoms with E-state index in [0.717, 1.165) is 17.2 Å². The number of ether oxygens (including phenoxy) is 2. The summed E-state index contributed by atoms with van der Waals surface area (Å²) in [7, 11) is 1.61. The zero-order valence-electron chi connectivity index (χ0n) is 12.3. The second-order valence-electron chi connectivity index (χ2n) is 4.68. The van der Waals surface area contributed by atoms with E-state index in [1.54, 1.807) is 55.6 Å². The van der Waals surface area contributed by atoms with Crippen LogP contribution in [0.5, 0.6) is 11.5 Å². The van der Waals surface area contributed by atoms with E-state index in [9.17, 15) is 4.79 Å². The average Bonchev–Trinajstić information content (AvgIpc) is 2.54. The quantitative estimate of drug-likeness (QED) is 0.780. The van der Waals surface area contributed by atoms with Gasteiger partial charge in [0.2, 0.25) is 5.91 Å². The fraction of sp³-hybridized carbons (Fsp3) is 0.235. The summed E-state index contributed by atoms with van der Waals surface area (Å²) >= 11 is 5.79. The molecule has 2 aromatic carbocycles. The number of nitrogens with one attached hydrogen (secondary N) is 1. The fourth-order valence-corrected chi connectivity index (χ4v) is 1.98. The van der Waals surface area contributed by atoms with Crippen LogP contribution >= 0.6 is 11.6 Å². The lowest BCUT2D eigenvalue weighted by Crippen LogP contribution is -2.12. The third-order valence-electron chi connectivity index (χ3n) is 3.00. The number of carbonyl (C=O) groups excluding carboxylic acids is 1. The van der Waals surface area contributed by atoms with Gasteiger partial charge in [-0.1, -0.05) is 11.6 Å². The maximum Gasteiger partial charge on any atom is 0.224 e. The first-order chi connectivity index (χ1) is 10.7. The number of amides is 1. The van der Waals surface area contributed by atoms with Gasteiger partial charge < -0.3 is 14.8 Å². The van der Waals surface area contributed by atoms with E-state index in [0.29, 0.717) is 24.5 Å². The number of benzene rings is 2. The molecule has 0 aliphatic heterocycles. The topological polar surface area (TPSA) is 47.6 Å². The van der Waals surface area contributed by atoms with E-state index in [4.69, 9.17) is 21.1 Å². The van der Waals surface area contributed by atoms with E-state index < -0.39 is 0 Å². The Morgan fingerprint density at radius 3 is 2.32 bits per heavy atom. The number of rotatable bonds is 7. The number of methoxy groups -OCH3 is 1. The van der Waals surface area contributed by atoms with Gasteiger partial charge in [0.25, 0.3) is 0 Å². The highest BCUT2D eigenvalue weighted by Crippen LogP contribution is 2.17. The van der Waals surface area contributed by atoms with Crippen LogP contribution in [-0.4, -0.2) is 19.6 Å². The van der Waals surface area contributed by atoms with Crippen LogP contribution in [0.3, 0.4) is 0 Å². The molecule has 0 fully saturated rings. The predicted octanol–water partition coefficient (Wildman–Crippen LogP) is 4.15. The van der Waals surface area contributed by atoms with Crippen LogP contribution in [0.4, 0.5) is 5.69 Å². The molecule has 0 aliphatic rings. The minimum atomic E-state index is -0.0372. The predicted molar refractivity (Wildman–Crippen MR) is 87.8 cm³/mol. The first-order valence-corrected chi connectivity index (χ1v) is 7.37. The number of anilines is 1. The first kappa shape index (κ1) is 16.2. The minimum Gasteiger partial charge on any atom is -0.497 e. The Morgan fingerprint density at radius 1 is 1.05 bits per heavy atom. The number of halogens is 1. The summed E-state index contributed by atoms with van der Waals surface area (Å²) in [4.78, 5) is 11.8. The zero-order valence-corrected chi connectivity index (χ0v) is 13.1. The lowest BCUT2D eigenvalue weighted by atomic mass is 10.2. The van der Waals surface area contributed by atoms with Crippen molar-refractivity contribution in [3.8, 4) is 11.5 Å². The molecule has 116 valence electrons. The van der Waals surface area contributed by atoms with Gasteiger partial charge in [-0.3, -0.25) is 4.79 Å². The van der Waals surface area contributed by atoms with Crippen molar-refractivity contribution < 1.29 is 14.3 Å². The maximum absolute atomic E-state index is 11.8. The molecule has 0 heterocycles. The molecule has 1 N–H and O–H groups in total. The highest BCUT2D eigenvalue weighted by molar-refractivity contribution is 6.30. The van der Waals surface area contributed by atoms with Crippen LogP contribution in [0.25, 0.3) is 0 Å². The van der Waals surface area contributed by atoms with Crippen LogP contribution in [0.15, 0.2) is 48.5 Å². The second-order valence-corrected chi connectivity index (χ2v) is 5.12. The highest BCUT2D eigenvalue weighted by atomic mass is 35.5. The normalized spacial score (nSPS) is 10.1. The summed E-state index contributed by atoms with van der Waals surface area (Å²) < 4.78 is 10.6. The molecule has 0 spiro atoms. The van der Waals surface area contributed by atoms with E-state index in [-0.39, 0.29) is 5.91 Å². The van der Waals surface area contributed by atoms with Crippen molar-refractivity contribution in [2.45, 2.75) is 12.8 Å². The van der Waals surface area contributed by atoms with Gasteiger partial charge in [-0.05, 0) is 55.0 Å². The molecule has 0 aromatic heterocycles. The lowest BCUT2D eigenvalue weighted by molar-refractivity contribution is -0.116. The summed E-state index contributed by atoms with van der Waals surface area (Å²) in [5, 5.41) is 3.50. The Morgan fingerprint density at radius 2 is 1.68 bits per heavy atom. The van der Waals surface area contributed by atoms with Crippen molar-refractivity contribution in [1.29, 1.82) is 0 Å². The van der Waals surface area contributed by atoms with Gasteiger partial charge in [-0.25, -0.2) is 0 Å². The first-order valence-electron chi connectivity index (χ1n) is 6.99. The molecule has 0 saturated carbocycles. The largest absolute Gasteiger partial charge is 0.497 e. The van der Waals surface area contributed by atoms with E-state index in [1.807, 2.05) is 0 Å². The molecule has 0 saturated heterocycles. The molecule has 0 unspecified atom stereocenters. The molecule has 22 heavy (non-hydrogen) atoms. The van der Waals surface area contributed by atoms with Crippen molar-refractivity contribution in [3.63, 3.8) is 0 Å². The van der Waals surface area contributed by atoms with Gasteiger partial charge >= 0.3 is 0 Å². The third-order valence-corrected chi connectivity index (χ3v) is 3.26. The SMILES string of the molecule is COc1ccc(NC(=O)CCCOc2ccc(Cl)cc2)cc1. The molecule has 0 radical (unpaired) electrons. The maximum atomic E-state index is 11.8. The summed E-state index contributed by atoms with van der Waals surface area (Å²) in [6.45, 7) is 0.484. The van der Waals surface area contributed by atoms with Gasteiger partial charge in [-0.2, -0.15) is 0 Å².